The molecule has 2 aromatic rings. The van der Waals surface area contributed by atoms with Gasteiger partial charge in [0.05, 0.1) is 10.5 Å². The molecule has 0 spiro atoms. The number of phenolic OH excluding ortho intramolecular Hbond substituents is 1. The number of carboxylic acids is 1. The number of hydrogen-bond donors (Lipinski definition) is 2. The molecule has 0 aliphatic rings. The highest BCUT2D eigenvalue weighted by Crippen LogP contribution is 2.36. The molecular formula is C11H10ClNO3. The second kappa shape index (κ2) is 3.42. The summed E-state index contributed by atoms with van der Waals surface area (Å²) in [6.45, 7) is 1.68. The number of halogens is 1. The zero-order chi connectivity index (χ0) is 12.0. The number of aromatic carboxylic acids is 1. The first-order valence-corrected chi connectivity index (χ1v) is 5.02. The summed E-state index contributed by atoms with van der Waals surface area (Å²) in [6.07, 6.45) is 0. The van der Waals surface area contributed by atoms with Crippen molar-refractivity contribution in [1.82, 2.24) is 4.57 Å². The molecule has 0 aliphatic heterocycles. The minimum atomic E-state index is -1.01. The van der Waals surface area contributed by atoms with Crippen molar-refractivity contribution in [2.75, 3.05) is 0 Å². The smallest absolute Gasteiger partial charge is 0.352 e. The number of benzene rings is 1. The van der Waals surface area contributed by atoms with E-state index >= 15 is 0 Å². The van der Waals surface area contributed by atoms with Crippen molar-refractivity contribution in [3.63, 3.8) is 0 Å². The van der Waals surface area contributed by atoms with Crippen molar-refractivity contribution in [3.05, 3.63) is 28.4 Å². The second-order valence-electron chi connectivity index (χ2n) is 3.63. The van der Waals surface area contributed by atoms with Crippen LogP contribution in [-0.4, -0.2) is 20.7 Å². The van der Waals surface area contributed by atoms with Crippen molar-refractivity contribution in [2.24, 2.45) is 7.05 Å². The minimum absolute atomic E-state index is 0.0418. The van der Waals surface area contributed by atoms with Crippen LogP contribution < -0.4 is 0 Å². The minimum Gasteiger partial charge on any atom is -0.506 e. The van der Waals surface area contributed by atoms with E-state index in [4.69, 9.17) is 16.7 Å². The van der Waals surface area contributed by atoms with E-state index in [9.17, 15) is 9.90 Å². The number of carboxylic acid groups (broad SMARTS) is 1. The zero-order valence-electron chi connectivity index (χ0n) is 8.78. The summed E-state index contributed by atoms with van der Waals surface area (Å²) in [5, 5.41) is 19.4. The van der Waals surface area contributed by atoms with Gasteiger partial charge in [0.1, 0.15) is 11.4 Å². The number of carbonyl (C=O) groups is 1. The molecule has 5 heteroatoms. The van der Waals surface area contributed by atoms with Crippen molar-refractivity contribution < 1.29 is 15.0 Å². The molecule has 2 N–H and O–H groups in total. The molecule has 16 heavy (non-hydrogen) atoms. The molecule has 4 nitrogen and oxygen atoms in total. The van der Waals surface area contributed by atoms with Crippen LogP contribution in [-0.2, 0) is 7.05 Å². The fourth-order valence-electron chi connectivity index (χ4n) is 1.99. The Balaban J connectivity index is 3.00. The molecule has 2 rings (SSSR count). The lowest BCUT2D eigenvalue weighted by Gasteiger charge is -2.00. The van der Waals surface area contributed by atoms with Crippen LogP contribution >= 0.6 is 11.6 Å². The lowest BCUT2D eigenvalue weighted by molar-refractivity contribution is 0.0686. The number of aryl methyl sites for hydroxylation is 2. The number of fused-ring (bicyclic) bond motifs is 1. The average molecular weight is 240 g/mol. The number of phenols is 1. The van der Waals surface area contributed by atoms with Gasteiger partial charge in [-0.05, 0) is 24.6 Å². The first kappa shape index (κ1) is 10.8. The maximum Gasteiger partial charge on any atom is 0.352 e. The van der Waals surface area contributed by atoms with Crippen molar-refractivity contribution in [1.29, 1.82) is 0 Å². The second-order valence-corrected chi connectivity index (χ2v) is 4.01. The van der Waals surface area contributed by atoms with Crippen LogP contribution in [0.2, 0.25) is 5.02 Å². The van der Waals surface area contributed by atoms with Gasteiger partial charge in [-0.2, -0.15) is 0 Å². The Hall–Kier alpha value is -1.68. The van der Waals surface area contributed by atoms with E-state index in [2.05, 4.69) is 0 Å². The summed E-state index contributed by atoms with van der Waals surface area (Å²) in [5.41, 5.74) is 1.44. The number of nitrogens with zero attached hydrogens (tertiary/aromatic N) is 1. The van der Waals surface area contributed by atoms with E-state index in [0.717, 1.165) is 0 Å². The molecule has 0 unspecified atom stereocenters. The molecule has 0 aliphatic carbocycles. The van der Waals surface area contributed by atoms with Gasteiger partial charge in [0.15, 0.2) is 0 Å². The topological polar surface area (TPSA) is 62.5 Å². The van der Waals surface area contributed by atoms with Crippen LogP contribution in [0.25, 0.3) is 10.9 Å². The largest absolute Gasteiger partial charge is 0.506 e. The fourth-order valence-corrected chi connectivity index (χ4v) is 2.29. The maximum absolute atomic E-state index is 11.1. The van der Waals surface area contributed by atoms with E-state index < -0.39 is 5.97 Å². The van der Waals surface area contributed by atoms with Crippen LogP contribution in [0, 0.1) is 6.92 Å². The fraction of sp³-hybridized carbons (Fsp3) is 0.182. The van der Waals surface area contributed by atoms with Gasteiger partial charge in [0, 0.05) is 12.4 Å². The third kappa shape index (κ3) is 1.27. The third-order valence-corrected chi connectivity index (χ3v) is 3.11. The Morgan fingerprint density at radius 3 is 2.62 bits per heavy atom. The quantitative estimate of drug-likeness (QED) is 0.804. The van der Waals surface area contributed by atoms with Crippen molar-refractivity contribution >= 4 is 28.5 Å². The standard InChI is InChI=1S/C11H10ClNO3/c1-5-8-6(3-4-7(14)9(8)12)13(2)10(5)11(15)16/h3-4,14H,1-2H3,(H,15,16). The maximum atomic E-state index is 11.1. The molecule has 0 atom stereocenters. The van der Waals surface area contributed by atoms with Gasteiger partial charge in [0.25, 0.3) is 0 Å². The van der Waals surface area contributed by atoms with Crippen LogP contribution in [0.15, 0.2) is 12.1 Å². The predicted molar refractivity (Wildman–Crippen MR) is 61.3 cm³/mol. The summed E-state index contributed by atoms with van der Waals surface area (Å²) >= 11 is 5.97. The molecule has 1 aromatic heterocycles. The monoisotopic (exact) mass is 239 g/mol. The van der Waals surface area contributed by atoms with Crippen LogP contribution in [0.3, 0.4) is 0 Å². The van der Waals surface area contributed by atoms with Crippen LogP contribution in [0.1, 0.15) is 16.1 Å². The van der Waals surface area contributed by atoms with Gasteiger partial charge in [-0.15, -0.1) is 0 Å². The van der Waals surface area contributed by atoms with E-state index in [1.54, 1.807) is 24.6 Å². The zero-order valence-corrected chi connectivity index (χ0v) is 9.54. The van der Waals surface area contributed by atoms with Crippen LogP contribution in [0.5, 0.6) is 5.75 Å². The third-order valence-electron chi connectivity index (χ3n) is 2.73. The highest BCUT2D eigenvalue weighted by atomic mass is 35.5. The molecule has 0 radical (unpaired) electrons. The molecule has 0 amide bonds. The Morgan fingerprint density at radius 1 is 1.44 bits per heavy atom. The lowest BCUT2D eigenvalue weighted by Crippen LogP contribution is -2.05. The van der Waals surface area contributed by atoms with Gasteiger partial charge in [0.2, 0.25) is 0 Å². The Kier molecular flexibility index (Phi) is 2.31. The van der Waals surface area contributed by atoms with Gasteiger partial charge < -0.3 is 14.8 Å². The summed E-state index contributed by atoms with van der Waals surface area (Å²) in [7, 11) is 1.66. The highest BCUT2D eigenvalue weighted by Gasteiger charge is 2.20. The Labute approximate surface area is 96.7 Å². The van der Waals surface area contributed by atoms with Crippen molar-refractivity contribution in [2.45, 2.75) is 6.92 Å². The highest BCUT2D eigenvalue weighted by molar-refractivity contribution is 6.37. The number of hydrogen-bond acceptors (Lipinski definition) is 2. The van der Waals surface area contributed by atoms with E-state index in [1.807, 2.05) is 0 Å². The number of aromatic nitrogens is 1. The molecule has 1 heterocycles. The first-order valence-electron chi connectivity index (χ1n) is 4.65. The predicted octanol–water partition coefficient (Wildman–Crippen LogP) is 2.54. The molecule has 1 aromatic carbocycles. The Morgan fingerprint density at radius 2 is 2.06 bits per heavy atom. The van der Waals surface area contributed by atoms with Gasteiger partial charge in [-0.1, -0.05) is 11.6 Å². The van der Waals surface area contributed by atoms with E-state index in [1.165, 1.54) is 6.07 Å². The molecule has 0 saturated heterocycles. The summed E-state index contributed by atoms with van der Waals surface area (Å²) in [6, 6.07) is 3.10. The van der Waals surface area contributed by atoms with E-state index in [0.29, 0.717) is 16.5 Å². The lowest BCUT2D eigenvalue weighted by atomic mass is 10.1. The summed E-state index contributed by atoms with van der Waals surface area (Å²) in [4.78, 5) is 11.1. The van der Waals surface area contributed by atoms with Gasteiger partial charge in [-0.3, -0.25) is 0 Å². The van der Waals surface area contributed by atoms with Crippen molar-refractivity contribution in [3.8, 4) is 5.75 Å². The van der Waals surface area contributed by atoms with Crippen LogP contribution in [0.4, 0.5) is 0 Å². The molecule has 84 valence electrons. The molecule has 0 bridgehead atoms. The molecule has 0 fully saturated rings. The van der Waals surface area contributed by atoms with E-state index in [-0.39, 0.29) is 16.5 Å². The molecular weight excluding hydrogens is 230 g/mol. The van der Waals surface area contributed by atoms with Gasteiger partial charge >= 0.3 is 5.97 Å². The molecule has 0 saturated carbocycles. The first-order chi connectivity index (χ1) is 7.45. The normalized spacial score (nSPS) is 10.9. The Bertz CT molecular complexity index is 601. The number of aromatic hydroxyl groups is 1. The summed E-state index contributed by atoms with van der Waals surface area (Å²) < 4.78 is 1.55. The SMILES string of the molecule is Cc1c(C(=O)O)n(C)c2ccc(O)c(Cl)c12. The average Bonchev–Trinajstić information content (AvgIpc) is 2.45. The summed E-state index contributed by atoms with van der Waals surface area (Å²) in [5.74, 6) is -1.05. The number of rotatable bonds is 1. The van der Waals surface area contributed by atoms with Gasteiger partial charge in [-0.25, -0.2) is 4.79 Å².